The van der Waals surface area contributed by atoms with Gasteiger partial charge in [0.15, 0.2) is 0 Å². The lowest BCUT2D eigenvalue weighted by atomic mass is 10.2. The molecule has 2 aromatic rings. The van der Waals surface area contributed by atoms with Crippen LogP contribution in [0.15, 0.2) is 28.8 Å². The van der Waals surface area contributed by atoms with E-state index >= 15 is 0 Å². The molecule has 1 saturated heterocycles. The lowest BCUT2D eigenvalue weighted by molar-refractivity contribution is 0.00755. The van der Waals surface area contributed by atoms with E-state index in [-0.39, 0.29) is 18.5 Å². The zero-order valence-electron chi connectivity index (χ0n) is 11.0. The minimum atomic E-state index is -0.166. The molecule has 1 N–H and O–H groups in total. The fraction of sp³-hybridized carbons (Fsp3) is 0.385. The van der Waals surface area contributed by atoms with Gasteiger partial charge in [-0.1, -0.05) is 17.3 Å². The normalized spacial score (nSPS) is 18.4. The monoisotopic (exact) mass is 297 g/mol. The molecule has 0 saturated carbocycles. The second-order valence-electron chi connectivity index (χ2n) is 4.25. The number of hydrogen-bond donors (Lipinski definition) is 1. The van der Waals surface area contributed by atoms with Gasteiger partial charge < -0.3 is 19.3 Å². The highest BCUT2D eigenvalue weighted by molar-refractivity contribution is 5.85. The number of halogens is 1. The number of benzene rings is 1. The Labute approximate surface area is 122 Å². The summed E-state index contributed by atoms with van der Waals surface area (Å²) < 4.78 is 16.0. The van der Waals surface area contributed by atoms with Crippen LogP contribution >= 0.6 is 12.4 Å². The van der Waals surface area contributed by atoms with Crippen molar-refractivity contribution >= 4 is 12.4 Å². The Balaban J connectivity index is 0.00000147. The van der Waals surface area contributed by atoms with Crippen LogP contribution in [0.2, 0.25) is 0 Å². The van der Waals surface area contributed by atoms with Crippen molar-refractivity contribution in [3.8, 4) is 17.1 Å². The molecular weight excluding hydrogens is 282 g/mol. The highest BCUT2D eigenvalue weighted by Crippen LogP contribution is 2.24. The minimum absolute atomic E-state index is 0. The fourth-order valence-corrected chi connectivity index (χ4v) is 1.97. The Morgan fingerprint density at radius 3 is 3.05 bits per heavy atom. The average Bonchev–Trinajstić information content (AvgIpc) is 2.98. The van der Waals surface area contributed by atoms with Crippen molar-refractivity contribution in [1.82, 2.24) is 15.5 Å². The molecule has 0 amide bonds. The highest BCUT2D eigenvalue weighted by atomic mass is 35.5. The van der Waals surface area contributed by atoms with Crippen molar-refractivity contribution in [2.75, 3.05) is 26.8 Å². The summed E-state index contributed by atoms with van der Waals surface area (Å²) in [4.78, 5) is 4.38. The second kappa shape index (κ2) is 6.69. The van der Waals surface area contributed by atoms with Gasteiger partial charge in [-0.05, 0) is 12.1 Å². The van der Waals surface area contributed by atoms with Crippen molar-refractivity contribution < 1.29 is 14.0 Å². The van der Waals surface area contributed by atoms with Crippen LogP contribution in [0.3, 0.4) is 0 Å². The van der Waals surface area contributed by atoms with Gasteiger partial charge in [-0.25, -0.2) is 0 Å². The molecular formula is C13H16ClN3O3. The van der Waals surface area contributed by atoms with Crippen LogP contribution in [-0.4, -0.2) is 36.9 Å². The summed E-state index contributed by atoms with van der Waals surface area (Å²) in [6, 6.07) is 7.55. The van der Waals surface area contributed by atoms with Crippen molar-refractivity contribution in [2.45, 2.75) is 6.10 Å². The van der Waals surface area contributed by atoms with Gasteiger partial charge in [0.1, 0.15) is 11.9 Å². The Kier molecular flexibility index (Phi) is 4.94. The molecule has 0 unspecified atom stereocenters. The van der Waals surface area contributed by atoms with E-state index in [1.165, 1.54) is 0 Å². The molecule has 1 aliphatic heterocycles. The second-order valence-corrected chi connectivity index (χ2v) is 4.25. The van der Waals surface area contributed by atoms with E-state index in [1.807, 2.05) is 24.3 Å². The van der Waals surface area contributed by atoms with E-state index in [9.17, 15) is 0 Å². The maximum Gasteiger partial charge on any atom is 0.257 e. The summed E-state index contributed by atoms with van der Waals surface area (Å²) in [6.45, 7) is 2.20. The summed E-state index contributed by atoms with van der Waals surface area (Å²) in [5, 5.41) is 7.22. The number of nitrogens with one attached hydrogen (secondary N) is 1. The van der Waals surface area contributed by atoms with E-state index in [0.717, 1.165) is 17.9 Å². The zero-order valence-corrected chi connectivity index (χ0v) is 11.9. The van der Waals surface area contributed by atoms with E-state index < -0.39 is 0 Å². The Morgan fingerprint density at radius 1 is 1.40 bits per heavy atom. The van der Waals surface area contributed by atoms with Gasteiger partial charge in [0.2, 0.25) is 5.82 Å². The molecule has 108 valence electrons. The third-order valence-electron chi connectivity index (χ3n) is 2.97. The molecule has 0 bridgehead atoms. The number of nitrogens with zero attached hydrogens (tertiary/aromatic N) is 2. The molecule has 0 spiro atoms. The van der Waals surface area contributed by atoms with Crippen molar-refractivity contribution in [2.24, 2.45) is 0 Å². The van der Waals surface area contributed by atoms with Crippen LogP contribution in [0.5, 0.6) is 5.75 Å². The number of methoxy groups -OCH3 is 1. The minimum Gasteiger partial charge on any atom is -0.497 e. The van der Waals surface area contributed by atoms with Gasteiger partial charge in [0, 0.05) is 18.7 Å². The first-order chi connectivity index (χ1) is 9.36. The molecule has 1 aliphatic rings. The highest BCUT2D eigenvalue weighted by Gasteiger charge is 2.22. The molecule has 2 heterocycles. The number of aromatic nitrogens is 2. The lowest BCUT2D eigenvalue weighted by Gasteiger charge is -2.19. The summed E-state index contributed by atoms with van der Waals surface area (Å²) in [6.07, 6.45) is -0.166. The van der Waals surface area contributed by atoms with Crippen molar-refractivity contribution in [3.63, 3.8) is 0 Å². The van der Waals surface area contributed by atoms with Crippen LogP contribution in [0.25, 0.3) is 11.4 Å². The van der Waals surface area contributed by atoms with E-state index in [2.05, 4.69) is 15.5 Å². The largest absolute Gasteiger partial charge is 0.497 e. The molecule has 1 aromatic heterocycles. The van der Waals surface area contributed by atoms with E-state index in [4.69, 9.17) is 14.0 Å². The quantitative estimate of drug-likeness (QED) is 0.932. The number of rotatable bonds is 3. The van der Waals surface area contributed by atoms with Gasteiger partial charge in [0.25, 0.3) is 5.89 Å². The lowest BCUT2D eigenvalue weighted by Crippen LogP contribution is -2.33. The van der Waals surface area contributed by atoms with Crippen LogP contribution < -0.4 is 10.1 Å². The van der Waals surface area contributed by atoms with Gasteiger partial charge in [0.05, 0.1) is 13.7 Å². The number of ether oxygens (including phenoxy) is 2. The molecule has 0 aliphatic carbocycles. The average molecular weight is 298 g/mol. The SMILES string of the molecule is COc1cccc(-c2noc([C@@H]3CNCCO3)n2)c1.Cl. The topological polar surface area (TPSA) is 69.4 Å². The first kappa shape index (κ1) is 14.8. The molecule has 6 nitrogen and oxygen atoms in total. The third-order valence-corrected chi connectivity index (χ3v) is 2.97. The Hall–Kier alpha value is -1.63. The van der Waals surface area contributed by atoms with Gasteiger partial charge in [-0.15, -0.1) is 12.4 Å². The van der Waals surface area contributed by atoms with Gasteiger partial charge >= 0.3 is 0 Å². The number of hydrogen-bond acceptors (Lipinski definition) is 6. The predicted molar refractivity (Wildman–Crippen MR) is 75.1 cm³/mol. The maximum atomic E-state index is 5.57. The van der Waals surface area contributed by atoms with Crippen LogP contribution in [0.4, 0.5) is 0 Å². The molecule has 7 heteroatoms. The van der Waals surface area contributed by atoms with Gasteiger partial charge in [-0.3, -0.25) is 0 Å². The van der Waals surface area contributed by atoms with Crippen LogP contribution in [0, 0.1) is 0 Å². The smallest absolute Gasteiger partial charge is 0.257 e. The van der Waals surface area contributed by atoms with E-state index in [1.54, 1.807) is 7.11 Å². The van der Waals surface area contributed by atoms with Crippen molar-refractivity contribution in [1.29, 1.82) is 0 Å². The molecule has 3 rings (SSSR count). The van der Waals surface area contributed by atoms with Crippen LogP contribution in [0.1, 0.15) is 12.0 Å². The molecule has 1 fully saturated rings. The van der Waals surface area contributed by atoms with Crippen LogP contribution in [-0.2, 0) is 4.74 Å². The molecule has 1 aromatic carbocycles. The summed E-state index contributed by atoms with van der Waals surface area (Å²) >= 11 is 0. The standard InChI is InChI=1S/C13H15N3O3.ClH/c1-17-10-4-2-3-9(7-10)12-15-13(19-16-12)11-8-14-5-6-18-11;/h2-4,7,11,14H,5-6,8H2,1H3;1H/t11-;/m0./s1. The number of morpholine rings is 1. The molecule has 0 radical (unpaired) electrons. The van der Waals surface area contributed by atoms with E-state index in [0.29, 0.717) is 24.9 Å². The zero-order chi connectivity index (χ0) is 13.1. The Morgan fingerprint density at radius 2 is 2.30 bits per heavy atom. The first-order valence-corrected chi connectivity index (χ1v) is 6.17. The predicted octanol–water partition coefficient (Wildman–Crippen LogP) is 1.83. The molecule has 20 heavy (non-hydrogen) atoms. The first-order valence-electron chi connectivity index (χ1n) is 6.17. The third kappa shape index (κ3) is 3.09. The van der Waals surface area contributed by atoms with Crippen molar-refractivity contribution in [3.05, 3.63) is 30.2 Å². The summed E-state index contributed by atoms with van der Waals surface area (Å²) in [5.41, 5.74) is 0.859. The molecule has 1 atom stereocenters. The fourth-order valence-electron chi connectivity index (χ4n) is 1.97. The maximum absolute atomic E-state index is 5.57. The van der Waals surface area contributed by atoms with Gasteiger partial charge in [-0.2, -0.15) is 4.98 Å². The summed E-state index contributed by atoms with van der Waals surface area (Å²) in [5.74, 6) is 1.81. The Bertz CT molecular complexity index is 555. The summed E-state index contributed by atoms with van der Waals surface area (Å²) in [7, 11) is 1.63.